The molecule has 0 spiro atoms. The number of hydrogen-bond donors (Lipinski definition) is 3. The monoisotopic (exact) mass is 272 g/mol. The van der Waals surface area contributed by atoms with E-state index >= 15 is 0 Å². The highest BCUT2D eigenvalue weighted by molar-refractivity contribution is 5.91. The molecule has 0 unspecified atom stereocenters. The normalized spacial score (nSPS) is 10.9. The van der Waals surface area contributed by atoms with Crippen molar-refractivity contribution in [1.29, 1.82) is 0 Å². The molecule has 4 N–H and O–H groups in total. The first-order valence-electron chi connectivity index (χ1n) is 5.94. The highest BCUT2D eigenvalue weighted by Crippen LogP contribution is 1.95. The fourth-order valence-corrected chi connectivity index (χ4v) is 1.53. The molecule has 1 amide bonds. The number of aromatic nitrogens is 3. The Bertz CT molecular complexity index is 383. The van der Waals surface area contributed by atoms with Gasteiger partial charge in [-0.2, -0.15) is 0 Å². The van der Waals surface area contributed by atoms with Gasteiger partial charge in [-0.1, -0.05) is 5.21 Å². The molecule has 0 aliphatic carbocycles. The van der Waals surface area contributed by atoms with E-state index in [1.54, 1.807) is 11.8 Å². The van der Waals surface area contributed by atoms with Gasteiger partial charge >= 0.3 is 0 Å². The summed E-state index contributed by atoms with van der Waals surface area (Å²) < 4.78 is 6.55. The predicted molar refractivity (Wildman–Crippen MR) is 67.1 cm³/mol. The summed E-state index contributed by atoms with van der Waals surface area (Å²) in [4.78, 5) is 13.2. The minimum absolute atomic E-state index is 0.0852. The Hall–Kier alpha value is -1.55. The Labute approximate surface area is 111 Å². The summed E-state index contributed by atoms with van der Waals surface area (Å²) in [6.45, 7) is 3.21. The molecule has 19 heavy (non-hydrogen) atoms. The van der Waals surface area contributed by atoms with E-state index in [0.717, 1.165) is 6.54 Å². The summed E-state index contributed by atoms with van der Waals surface area (Å²) in [5.41, 5.74) is 2.17. The van der Waals surface area contributed by atoms with Gasteiger partial charge in [0, 0.05) is 26.7 Å². The van der Waals surface area contributed by atoms with Crippen molar-refractivity contribution in [1.82, 2.24) is 25.3 Å². The molecule has 1 aromatic heterocycles. The fourth-order valence-electron chi connectivity index (χ4n) is 1.53. The lowest BCUT2D eigenvalue weighted by molar-refractivity contribution is 0.0948. The first-order valence-corrected chi connectivity index (χ1v) is 5.94. The van der Waals surface area contributed by atoms with Gasteiger partial charge in [0.2, 0.25) is 0 Å². The molecule has 0 radical (unpaired) electrons. The number of carbonyl (C=O) groups excluding carboxylic acids is 1. The van der Waals surface area contributed by atoms with Gasteiger partial charge in [-0.25, -0.2) is 5.84 Å². The molecule has 0 aromatic carbocycles. The summed E-state index contributed by atoms with van der Waals surface area (Å²) in [5, 5.41) is 16.5. The van der Waals surface area contributed by atoms with Crippen molar-refractivity contribution in [3.05, 3.63) is 11.9 Å². The average molecular weight is 272 g/mol. The first kappa shape index (κ1) is 15.5. The number of methoxy groups -OCH3 is 1. The summed E-state index contributed by atoms with van der Waals surface area (Å²) >= 11 is 0. The molecule has 108 valence electrons. The van der Waals surface area contributed by atoms with Crippen LogP contribution in [0.15, 0.2) is 6.20 Å². The maximum absolute atomic E-state index is 11.2. The number of carbonyl (C=O) groups is 1. The molecule has 0 bridgehead atoms. The molecular weight excluding hydrogens is 252 g/mol. The first-order chi connectivity index (χ1) is 9.21. The lowest BCUT2D eigenvalue weighted by atomic mass is 10.4. The summed E-state index contributed by atoms with van der Waals surface area (Å²) in [6.07, 6.45) is 1.52. The number of amides is 1. The molecule has 0 atom stereocenters. The lowest BCUT2D eigenvalue weighted by Crippen LogP contribution is -2.33. The Morgan fingerprint density at radius 3 is 3.00 bits per heavy atom. The van der Waals surface area contributed by atoms with Crippen LogP contribution in [0, 0.1) is 0 Å². The van der Waals surface area contributed by atoms with Gasteiger partial charge in [0.15, 0.2) is 5.69 Å². The Kier molecular flexibility index (Phi) is 6.97. The van der Waals surface area contributed by atoms with Crippen LogP contribution < -0.4 is 11.3 Å². The maximum Gasteiger partial charge on any atom is 0.287 e. The zero-order valence-electron chi connectivity index (χ0n) is 10.9. The van der Waals surface area contributed by atoms with Crippen LogP contribution in [0.5, 0.6) is 0 Å². The van der Waals surface area contributed by atoms with Crippen molar-refractivity contribution in [3.63, 3.8) is 0 Å². The highest BCUT2D eigenvalue weighted by Gasteiger charge is 2.10. The zero-order valence-corrected chi connectivity index (χ0v) is 10.9. The van der Waals surface area contributed by atoms with E-state index in [-0.39, 0.29) is 12.3 Å². The number of aliphatic hydroxyl groups excluding tert-OH is 1. The van der Waals surface area contributed by atoms with Crippen LogP contribution in [-0.4, -0.2) is 70.9 Å². The maximum atomic E-state index is 11.2. The van der Waals surface area contributed by atoms with Gasteiger partial charge in [0.05, 0.1) is 26.0 Å². The van der Waals surface area contributed by atoms with E-state index in [2.05, 4.69) is 10.3 Å². The largest absolute Gasteiger partial charge is 0.395 e. The second kappa shape index (κ2) is 8.53. The number of hydrogen-bond acceptors (Lipinski definition) is 7. The predicted octanol–water partition coefficient (Wildman–Crippen LogP) is -2.18. The minimum Gasteiger partial charge on any atom is -0.395 e. The second-order valence-electron chi connectivity index (χ2n) is 3.90. The molecule has 0 fully saturated rings. The number of ether oxygens (including phenoxy) is 1. The Morgan fingerprint density at radius 2 is 2.37 bits per heavy atom. The van der Waals surface area contributed by atoms with Gasteiger partial charge in [-0.15, -0.1) is 5.10 Å². The third-order valence-corrected chi connectivity index (χ3v) is 2.58. The lowest BCUT2D eigenvalue weighted by Gasteiger charge is -2.20. The minimum atomic E-state index is -0.474. The van der Waals surface area contributed by atoms with Crippen LogP contribution in [0.4, 0.5) is 0 Å². The third kappa shape index (κ3) is 5.30. The average Bonchev–Trinajstić information content (AvgIpc) is 2.90. The molecule has 1 aromatic rings. The van der Waals surface area contributed by atoms with Crippen molar-refractivity contribution in [3.8, 4) is 0 Å². The molecule has 9 heteroatoms. The zero-order chi connectivity index (χ0) is 14.1. The molecule has 0 saturated carbocycles. The van der Waals surface area contributed by atoms with Gasteiger partial charge in [0.25, 0.3) is 5.91 Å². The van der Waals surface area contributed by atoms with Crippen molar-refractivity contribution in [2.24, 2.45) is 5.84 Å². The van der Waals surface area contributed by atoms with Crippen molar-refractivity contribution in [2.75, 3.05) is 40.0 Å². The summed E-state index contributed by atoms with van der Waals surface area (Å²) in [5.74, 6) is 4.53. The summed E-state index contributed by atoms with van der Waals surface area (Å²) in [6, 6.07) is 0. The highest BCUT2D eigenvalue weighted by atomic mass is 16.5. The Morgan fingerprint density at radius 1 is 1.58 bits per heavy atom. The van der Waals surface area contributed by atoms with E-state index in [1.165, 1.54) is 6.20 Å². The number of nitrogens with two attached hydrogens (primary N) is 1. The number of nitrogens with zero attached hydrogens (tertiary/aromatic N) is 4. The van der Waals surface area contributed by atoms with Crippen LogP contribution in [-0.2, 0) is 11.3 Å². The van der Waals surface area contributed by atoms with Crippen molar-refractivity contribution in [2.45, 2.75) is 6.54 Å². The van der Waals surface area contributed by atoms with Crippen LogP contribution in [0.2, 0.25) is 0 Å². The van der Waals surface area contributed by atoms with Gasteiger partial charge in [0.1, 0.15) is 0 Å². The summed E-state index contributed by atoms with van der Waals surface area (Å²) in [7, 11) is 1.63. The van der Waals surface area contributed by atoms with Crippen LogP contribution in [0.3, 0.4) is 0 Å². The molecule has 9 nitrogen and oxygen atoms in total. The van der Waals surface area contributed by atoms with Crippen LogP contribution >= 0.6 is 0 Å². The van der Waals surface area contributed by atoms with E-state index in [1.807, 2.05) is 10.3 Å². The van der Waals surface area contributed by atoms with Crippen LogP contribution in [0.1, 0.15) is 10.5 Å². The number of hydrazine groups is 1. The fraction of sp³-hybridized carbons (Fsp3) is 0.700. The van der Waals surface area contributed by atoms with Gasteiger partial charge in [-0.05, 0) is 0 Å². The van der Waals surface area contributed by atoms with Crippen LogP contribution in [0.25, 0.3) is 0 Å². The molecule has 0 aliphatic rings. The van der Waals surface area contributed by atoms with E-state index in [4.69, 9.17) is 15.7 Å². The smallest absolute Gasteiger partial charge is 0.287 e. The van der Waals surface area contributed by atoms with Gasteiger partial charge in [-0.3, -0.25) is 19.8 Å². The van der Waals surface area contributed by atoms with Crippen molar-refractivity contribution >= 4 is 5.91 Å². The number of rotatable bonds is 9. The second-order valence-corrected chi connectivity index (χ2v) is 3.90. The van der Waals surface area contributed by atoms with E-state index in [9.17, 15) is 4.79 Å². The SMILES string of the molecule is COCCN(CCO)CCn1cc(C(=O)NN)nn1. The number of aliphatic hydroxyl groups is 1. The standard InChI is InChI=1S/C10H20N6O3/c1-19-7-5-15(4-6-17)2-3-16-8-9(13-14-16)10(18)12-11/h8,17H,2-7,11H2,1H3,(H,12,18). The molecule has 1 rings (SSSR count). The number of nitrogen functional groups attached to an aromatic ring is 1. The van der Waals surface area contributed by atoms with Gasteiger partial charge < -0.3 is 9.84 Å². The molecular formula is C10H20N6O3. The molecule has 0 saturated heterocycles. The van der Waals surface area contributed by atoms with E-state index in [0.29, 0.717) is 26.2 Å². The molecule has 0 aliphatic heterocycles. The molecule has 1 heterocycles. The van der Waals surface area contributed by atoms with E-state index < -0.39 is 5.91 Å². The third-order valence-electron chi connectivity index (χ3n) is 2.58. The quantitative estimate of drug-likeness (QED) is 0.266. The Balaban J connectivity index is 2.44. The number of nitrogens with one attached hydrogen (secondary N) is 1. The topological polar surface area (TPSA) is 119 Å². The van der Waals surface area contributed by atoms with Crippen molar-refractivity contribution < 1.29 is 14.6 Å².